The minimum atomic E-state index is -4.44. The summed E-state index contributed by atoms with van der Waals surface area (Å²) in [6.45, 7) is -1.32. The minimum Gasteiger partial charge on any atom is -0.496 e. The molecule has 19 heavy (non-hydrogen) atoms. The second-order valence-electron chi connectivity index (χ2n) is 3.72. The van der Waals surface area contributed by atoms with Crippen molar-refractivity contribution in [3.63, 3.8) is 0 Å². The van der Waals surface area contributed by atoms with Crippen molar-refractivity contribution in [1.29, 1.82) is 0 Å². The van der Waals surface area contributed by atoms with E-state index in [2.05, 4.69) is 21.2 Å². The molecule has 106 valence electrons. The fourth-order valence-electron chi connectivity index (χ4n) is 1.51. The van der Waals surface area contributed by atoms with Crippen LogP contribution in [0.2, 0.25) is 0 Å². The molecule has 0 bridgehead atoms. The van der Waals surface area contributed by atoms with E-state index >= 15 is 0 Å². The molecule has 1 rings (SSSR count). The van der Waals surface area contributed by atoms with E-state index in [1.54, 1.807) is 6.07 Å². The zero-order valence-corrected chi connectivity index (χ0v) is 11.5. The van der Waals surface area contributed by atoms with E-state index in [0.29, 0.717) is 4.47 Å². The standard InChI is InChI=1S/C11H12BrF3N2O2/c1-19-8-3-2-6(12)4-7(8)9(10(16)18)17-5-11(13,14)15/h2-4,9,17H,5H2,1H3,(H2,16,18). The maximum absolute atomic E-state index is 12.2. The zero-order chi connectivity index (χ0) is 14.6. The molecule has 0 aliphatic carbocycles. The first kappa shape index (κ1) is 15.8. The number of methoxy groups -OCH3 is 1. The number of ether oxygens (including phenoxy) is 1. The number of nitrogens with one attached hydrogen (secondary N) is 1. The number of hydrogen-bond acceptors (Lipinski definition) is 3. The minimum absolute atomic E-state index is 0.244. The van der Waals surface area contributed by atoms with Gasteiger partial charge in [0.1, 0.15) is 11.8 Å². The number of halogens is 4. The Hall–Kier alpha value is -1.28. The molecule has 1 amide bonds. The molecule has 4 nitrogen and oxygen atoms in total. The third-order valence-electron chi connectivity index (χ3n) is 2.29. The highest BCUT2D eigenvalue weighted by molar-refractivity contribution is 9.10. The van der Waals surface area contributed by atoms with E-state index in [0.717, 1.165) is 0 Å². The molecule has 0 saturated carbocycles. The zero-order valence-electron chi connectivity index (χ0n) is 9.92. The van der Waals surface area contributed by atoms with E-state index in [1.165, 1.54) is 19.2 Å². The number of alkyl halides is 3. The monoisotopic (exact) mass is 340 g/mol. The van der Waals surface area contributed by atoms with Crippen LogP contribution in [0, 0.1) is 0 Å². The van der Waals surface area contributed by atoms with Crippen molar-refractivity contribution in [2.45, 2.75) is 12.2 Å². The van der Waals surface area contributed by atoms with Crippen molar-refractivity contribution < 1.29 is 22.7 Å². The van der Waals surface area contributed by atoms with Gasteiger partial charge in [-0.2, -0.15) is 13.2 Å². The number of primary amides is 1. The van der Waals surface area contributed by atoms with Gasteiger partial charge in [-0.1, -0.05) is 15.9 Å². The highest BCUT2D eigenvalue weighted by Crippen LogP contribution is 2.29. The summed E-state index contributed by atoms with van der Waals surface area (Å²) in [4.78, 5) is 11.3. The lowest BCUT2D eigenvalue weighted by molar-refractivity contribution is -0.130. The maximum Gasteiger partial charge on any atom is 0.401 e. The van der Waals surface area contributed by atoms with Gasteiger partial charge in [0.2, 0.25) is 5.91 Å². The summed E-state index contributed by atoms with van der Waals surface area (Å²) >= 11 is 3.18. The summed E-state index contributed by atoms with van der Waals surface area (Å²) in [5, 5.41) is 2.08. The van der Waals surface area contributed by atoms with Gasteiger partial charge in [0.25, 0.3) is 0 Å². The number of hydrogen-bond donors (Lipinski definition) is 2. The number of nitrogens with two attached hydrogens (primary N) is 1. The molecule has 0 aliphatic rings. The lowest BCUT2D eigenvalue weighted by atomic mass is 10.1. The molecule has 1 aromatic rings. The predicted octanol–water partition coefficient (Wildman–Crippen LogP) is 2.14. The largest absolute Gasteiger partial charge is 0.496 e. The summed E-state index contributed by atoms with van der Waals surface area (Å²) in [5.74, 6) is -0.637. The molecular weight excluding hydrogens is 329 g/mol. The summed E-state index contributed by atoms with van der Waals surface area (Å²) < 4.78 is 42.2. The van der Waals surface area contributed by atoms with Crippen LogP contribution in [0.3, 0.4) is 0 Å². The molecule has 1 atom stereocenters. The first-order valence-corrected chi connectivity index (χ1v) is 5.97. The van der Waals surface area contributed by atoms with Crippen LogP contribution in [-0.4, -0.2) is 25.7 Å². The Labute approximate surface area is 116 Å². The van der Waals surface area contributed by atoms with Gasteiger partial charge in [-0.25, -0.2) is 0 Å². The first-order valence-electron chi connectivity index (χ1n) is 5.17. The first-order chi connectivity index (χ1) is 8.74. The topological polar surface area (TPSA) is 64.3 Å². The van der Waals surface area contributed by atoms with Crippen molar-refractivity contribution in [3.8, 4) is 5.75 Å². The SMILES string of the molecule is COc1ccc(Br)cc1C(NCC(F)(F)F)C(N)=O. The molecule has 0 radical (unpaired) electrons. The molecule has 1 aromatic carbocycles. The second-order valence-corrected chi connectivity index (χ2v) is 4.63. The number of benzene rings is 1. The normalized spacial score (nSPS) is 13.1. The molecule has 0 fully saturated rings. The molecule has 0 saturated heterocycles. The molecule has 3 N–H and O–H groups in total. The summed E-state index contributed by atoms with van der Waals surface area (Å²) in [7, 11) is 1.36. The Balaban J connectivity index is 3.05. The highest BCUT2D eigenvalue weighted by Gasteiger charge is 2.31. The smallest absolute Gasteiger partial charge is 0.401 e. The van der Waals surface area contributed by atoms with Gasteiger partial charge >= 0.3 is 6.18 Å². The van der Waals surface area contributed by atoms with Crippen LogP contribution >= 0.6 is 15.9 Å². The van der Waals surface area contributed by atoms with Crippen LogP contribution < -0.4 is 15.8 Å². The van der Waals surface area contributed by atoms with Gasteiger partial charge in [0.15, 0.2) is 0 Å². The predicted molar refractivity (Wildman–Crippen MR) is 66.7 cm³/mol. The van der Waals surface area contributed by atoms with Crippen molar-refractivity contribution in [3.05, 3.63) is 28.2 Å². The molecule has 0 aliphatic heterocycles. The van der Waals surface area contributed by atoms with Crippen molar-refractivity contribution in [1.82, 2.24) is 5.32 Å². The van der Waals surface area contributed by atoms with E-state index in [4.69, 9.17) is 10.5 Å². The lowest BCUT2D eigenvalue weighted by Crippen LogP contribution is -2.39. The van der Waals surface area contributed by atoms with Crippen molar-refractivity contribution in [2.24, 2.45) is 5.73 Å². The Morgan fingerprint density at radius 2 is 2.16 bits per heavy atom. The van der Waals surface area contributed by atoms with Gasteiger partial charge in [0, 0.05) is 10.0 Å². The van der Waals surface area contributed by atoms with Crippen LogP contribution in [0.1, 0.15) is 11.6 Å². The molecule has 8 heteroatoms. The fraction of sp³-hybridized carbons (Fsp3) is 0.364. The summed E-state index contributed by atoms with van der Waals surface area (Å²) in [5.41, 5.74) is 5.38. The number of carbonyl (C=O) groups excluding carboxylic acids is 1. The molecule has 0 aromatic heterocycles. The number of rotatable bonds is 5. The third-order valence-corrected chi connectivity index (χ3v) is 2.79. The summed E-state index contributed by atoms with van der Waals surface area (Å²) in [6.07, 6.45) is -4.44. The van der Waals surface area contributed by atoms with Gasteiger partial charge in [-0.05, 0) is 18.2 Å². The maximum atomic E-state index is 12.2. The van der Waals surface area contributed by atoms with E-state index in [-0.39, 0.29) is 11.3 Å². The second kappa shape index (κ2) is 6.25. The number of amides is 1. The Morgan fingerprint density at radius 3 is 2.63 bits per heavy atom. The van der Waals surface area contributed by atoms with Gasteiger partial charge in [-0.3, -0.25) is 10.1 Å². The van der Waals surface area contributed by atoms with E-state index in [1.807, 2.05) is 0 Å². The molecule has 1 unspecified atom stereocenters. The Kier molecular flexibility index (Phi) is 5.19. The Bertz CT molecular complexity index is 466. The van der Waals surface area contributed by atoms with Gasteiger partial charge in [-0.15, -0.1) is 0 Å². The summed E-state index contributed by atoms with van der Waals surface area (Å²) in [6, 6.07) is 3.38. The van der Waals surface area contributed by atoms with Crippen LogP contribution in [0.5, 0.6) is 5.75 Å². The van der Waals surface area contributed by atoms with Crippen LogP contribution in [0.15, 0.2) is 22.7 Å². The van der Waals surface area contributed by atoms with Crippen LogP contribution in [-0.2, 0) is 4.79 Å². The number of carbonyl (C=O) groups is 1. The molecular formula is C11H12BrF3N2O2. The van der Waals surface area contributed by atoms with Gasteiger partial charge < -0.3 is 10.5 Å². The molecule has 0 heterocycles. The quantitative estimate of drug-likeness (QED) is 0.863. The lowest BCUT2D eigenvalue weighted by Gasteiger charge is -2.19. The van der Waals surface area contributed by atoms with Crippen molar-refractivity contribution >= 4 is 21.8 Å². The van der Waals surface area contributed by atoms with Gasteiger partial charge in [0.05, 0.1) is 13.7 Å². The third kappa shape index (κ3) is 4.71. The fourth-order valence-corrected chi connectivity index (χ4v) is 1.89. The highest BCUT2D eigenvalue weighted by atomic mass is 79.9. The van der Waals surface area contributed by atoms with E-state index in [9.17, 15) is 18.0 Å². The molecule has 0 spiro atoms. The van der Waals surface area contributed by atoms with Crippen LogP contribution in [0.25, 0.3) is 0 Å². The average molecular weight is 341 g/mol. The Morgan fingerprint density at radius 1 is 1.53 bits per heavy atom. The van der Waals surface area contributed by atoms with Crippen molar-refractivity contribution in [2.75, 3.05) is 13.7 Å². The van der Waals surface area contributed by atoms with E-state index < -0.39 is 24.7 Å². The van der Waals surface area contributed by atoms with Crippen LogP contribution in [0.4, 0.5) is 13.2 Å². The average Bonchev–Trinajstić information content (AvgIpc) is 2.27.